The van der Waals surface area contributed by atoms with Gasteiger partial charge in [-0.2, -0.15) is 0 Å². The summed E-state index contributed by atoms with van der Waals surface area (Å²) in [6, 6.07) is 5.58. The van der Waals surface area contributed by atoms with Gasteiger partial charge in [-0.25, -0.2) is 0 Å². The minimum absolute atomic E-state index is 0.117. The van der Waals surface area contributed by atoms with Crippen LogP contribution in [-0.4, -0.2) is 56.8 Å². The van der Waals surface area contributed by atoms with Crippen LogP contribution >= 0.6 is 11.6 Å². The molecule has 29 heavy (non-hydrogen) atoms. The number of likely N-dealkylation sites (tertiary alicyclic amines) is 1. The van der Waals surface area contributed by atoms with Gasteiger partial charge in [-0.15, -0.1) is 0 Å². The molecule has 0 saturated carbocycles. The number of carbonyl (C=O) groups is 1. The second-order valence-corrected chi connectivity index (χ2v) is 8.01. The maximum atomic E-state index is 13.0. The van der Waals surface area contributed by atoms with Gasteiger partial charge in [0.05, 0.1) is 23.5 Å². The van der Waals surface area contributed by atoms with E-state index >= 15 is 0 Å². The zero-order chi connectivity index (χ0) is 20.2. The Morgan fingerprint density at radius 1 is 1.38 bits per heavy atom. The lowest BCUT2D eigenvalue weighted by atomic mass is 9.98. The number of halogens is 1. The highest BCUT2D eigenvalue weighted by Crippen LogP contribution is 2.42. The molecule has 0 unspecified atom stereocenters. The molecule has 1 N–H and O–H groups in total. The average molecular weight is 419 g/mol. The van der Waals surface area contributed by atoms with Gasteiger partial charge in [0.15, 0.2) is 0 Å². The quantitative estimate of drug-likeness (QED) is 0.693. The van der Waals surface area contributed by atoms with E-state index in [4.69, 9.17) is 25.5 Å². The lowest BCUT2D eigenvalue weighted by molar-refractivity contribution is 0.0904. The number of hydrogen-bond acceptors (Lipinski definition) is 5. The van der Waals surface area contributed by atoms with Gasteiger partial charge in [0, 0.05) is 56.9 Å². The minimum atomic E-state index is -0.117. The largest absolute Gasteiger partial charge is 0.492 e. The van der Waals surface area contributed by atoms with Crippen molar-refractivity contribution in [2.24, 2.45) is 0 Å². The third-order valence-electron chi connectivity index (χ3n) is 5.69. The van der Waals surface area contributed by atoms with E-state index in [9.17, 15) is 4.79 Å². The van der Waals surface area contributed by atoms with Crippen molar-refractivity contribution in [3.8, 4) is 17.1 Å². The molecule has 0 bridgehead atoms. The highest BCUT2D eigenvalue weighted by molar-refractivity contribution is 6.34. The van der Waals surface area contributed by atoms with Crippen molar-refractivity contribution in [1.82, 2.24) is 10.2 Å². The fraction of sp³-hybridized carbons (Fsp3) is 0.500. The number of piperidine rings is 1. The molecule has 4 rings (SSSR count). The molecule has 0 atom stereocenters. The SMILES string of the molecule is COCCCN1CCC(NC(=O)c2cc(Cl)c(-c3ccco3)c3c2OCC3)CC1. The number of hydrogen-bond donors (Lipinski definition) is 1. The normalized spacial score (nSPS) is 17.2. The average Bonchev–Trinajstić information content (AvgIpc) is 3.41. The Labute approximate surface area is 176 Å². The van der Waals surface area contributed by atoms with Crippen LogP contribution in [0.3, 0.4) is 0 Å². The highest BCUT2D eigenvalue weighted by atomic mass is 35.5. The maximum Gasteiger partial charge on any atom is 0.255 e. The standard InChI is InChI=1S/C22H27ClN2O4/c1-27-11-3-8-25-9-5-15(6-10-25)24-22(26)17-14-18(23)20(19-4-2-12-28-19)16-7-13-29-21(16)17/h2,4,12,14-15H,3,5-11,13H2,1H3,(H,24,26). The lowest BCUT2D eigenvalue weighted by Crippen LogP contribution is -2.45. The molecule has 1 amide bonds. The molecule has 156 valence electrons. The van der Waals surface area contributed by atoms with Gasteiger partial charge >= 0.3 is 0 Å². The Morgan fingerprint density at radius 3 is 2.93 bits per heavy atom. The number of benzene rings is 1. The smallest absolute Gasteiger partial charge is 0.255 e. The van der Waals surface area contributed by atoms with E-state index in [0.717, 1.165) is 56.6 Å². The molecule has 1 aromatic carbocycles. The van der Waals surface area contributed by atoms with Gasteiger partial charge < -0.3 is 24.1 Å². The first-order valence-electron chi connectivity index (χ1n) is 10.2. The molecular formula is C22H27ClN2O4. The Morgan fingerprint density at radius 2 is 2.21 bits per heavy atom. The van der Waals surface area contributed by atoms with Gasteiger partial charge in [0.25, 0.3) is 5.91 Å². The second kappa shape index (κ2) is 9.20. The molecule has 2 aliphatic rings. The van der Waals surface area contributed by atoms with E-state index in [-0.39, 0.29) is 11.9 Å². The Hall–Kier alpha value is -2.02. The predicted molar refractivity (Wildman–Crippen MR) is 112 cm³/mol. The molecule has 1 fully saturated rings. The van der Waals surface area contributed by atoms with Crippen molar-refractivity contribution in [2.75, 3.05) is 40.0 Å². The van der Waals surface area contributed by atoms with E-state index in [2.05, 4.69) is 10.2 Å². The molecule has 2 aliphatic heterocycles. The molecule has 3 heterocycles. The zero-order valence-electron chi connectivity index (χ0n) is 16.7. The fourth-order valence-corrected chi connectivity index (χ4v) is 4.51. The molecule has 7 heteroatoms. The van der Waals surface area contributed by atoms with Crippen LogP contribution in [0.5, 0.6) is 5.75 Å². The Balaban J connectivity index is 1.44. The third-order valence-corrected chi connectivity index (χ3v) is 5.98. The zero-order valence-corrected chi connectivity index (χ0v) is 17.5. The van der Waals surface area contributed by atoms with Crippen LogP contribution in [-0.2, 0) is 11.2 Å². The molecule has 2 aromatic rings. The molecule has 1 saturated heterocycles. The summed E-state index contributed by atoms with van der Waals surface area (Å²) in [7, 11) is 1.73. The number of amides is 1. The van der Waals surface area contributed by atoms with E-state index in [1.165, 1.54) is 0 Å². The topological polar surface area (TPSA) is 63.9 Å². The number of fused-ring (bicyclic) bond motifs is 1. The van der Waals surface area contributed by atoms with E-state index < -0.39 is 0 Å². The van der Waals surface area contributed by atoms with Gasteiger partial charge in [0.2, 0.25) is 0 Å². The summed E-state index contributed by atoms with van der Waals surface area (Å²) < 4.78 is 16.5. The minimum Gasteiger partial charge on any atom is -0.492 e. The summed E-state index contributed by atoms with van der Waals surface area (Å²) >= 11 is 6.56. The van der Waals surface area contributed by atoms with Crippen LogP contribution < -0.4 is 10.1 Å². The van der Waals surface area contributed by atoms with Crippen LogP contribution in [0.1, 0.15) is 35.2 Å². The number of carbonyl (C=O) groups excluding carboxylic acids is 1. The summed E-state index contributed by atoms with van der Waals surface area (Å²) in [6.07, 6.45) is 5.26. The number of rotatable bonds is 7. The van der Waals surface area contributed by atoms with Crippen molar-refractivity contribution in [3.05, 3.63) is 40.6 Å². The van der Waals surface area contributed by atoms with Gasteiger partial charge in [-0.3, -0.25) is 4.79 Å². The summed E-state index contributed by atoms with van der Waals surface area (Å²) in [6.45, 7) is 4.35. The van der Waals surface area contributed by atoms with Gasteiger partial charge in [-0.1, -0.05) is 11.6 Å². The molecule has 6 nitrogen and oxygen atoms in total. The molecular weight excluding hydrogens is 392 g/mol. The monoisotopic (exact) mass is 418 g/mol. The van der Waals surface area contributed by atoms with Crippen LogP contribution in [0.2, 0.25) is 5.02 Å². The first kappa shape index (κ1) is 20.3. The van der Waals surface area contributed by atoms with Gasteiger partial charge in [-0.05, 0) is 37.5 Å². The van der Waals surface area contributed by atoms with E-state index in [1.807, 2.05) is 12.1 Å². The van der Waals surface area contributed by atoms with Crippen molar-refractivity contribution >= 4 is 17.5 Å². The van der Waals surface area contributed by atoms with Gasteiger partial charge in [0.1, 0.15) is 11.5 Å². The Bertz CT molecular complexity index is 845. The van der Waals surface area contributed by atoms with Crippen LogP contribution in [0.15, 0.2) is 28.9 Å². The predicted octanol–water partition coefficient (Wildman–Crippen LogP) is 3.77. The van der Waals surface area contributed by atoms with E-state index in [0.29, 0.717) is 35.1 Å². The summed E-state index contributed by atoms with van der Waals surface area (Å²) in [5.74, 6) is 1.22. The molecule has 1 aromatic heterocycles. The number of furan rings is 1. The number of nitrogens with zero attached hydrogens (tertiary/aromatic N) is 1. The molecule has 0 radical (unpaired) electrons. The maximum absolute atomic E-state index is 13.0. The number of ether oxygens (including phenoxy) is 2. The number of nitrogens with one attached hydrogen (secondary N) is 1. The van der Waals surface area contributed by atoms with Crippen molar-refractivity contribution in [1.29, 1.82) is 0 Å². The van der Waals surface area contributed by atoms with Crippen LogP contribution in [0.25, 0.3) is 11.3 Å². The molecule has 0 aliphatic carbocycles. The van der Waals surface area contributed by atoms with Crippen LogP contribution in [0.4, 0.5) is 0 Å². The first-order valence-corrected chi connectivity index (χ1v) is 10.6. The first-order chi connectivity index (χ1) is 14.2. The lowest BCUT2D eigenvalue weighted by Gasteiger charge is -2.32. The Kier molecular flexibility index (Phi) is 6.43. The van der Waals surface area contributed by atoms with Crippen molar-refractivity contribution in [2.45, 2.75) is 31.7 Å². The van der Waals surface area contributed by atoms with Crippen molar-refractivity contribution < 1.29 is 18.7 Å². The molecule has 0 spiro atoms. The summed E-state index contributed by atoms with van der Waals surface area (Å²) in [5, 5.41) is 3.70. The number of methoxy groups -OCH3 is 1. The van der Waals surface area contributed by atoms with Crippen molar-refractivity contribution in [3.63, 3.8) is 0 Å². The van der Waals surface area contributed by atoms with E-state index in [1.54, 1.807) is 19.4 Å². The fourth-order valence-electron chi connectivity index (χ4n) is 4.20. The third kappa shape index (κ3) is 4.44. The highest BCUT2D eigenvalue weighted by Gasteiger charge is 2.29. The second-order valence-electron chi connectivity index (χ2n) is 7.60. The van der Waals surface area contributed by atoms with Crippen LogP contribution in [0, 0.1) is 0 Å². The summed E-state index contributed by atoms with van der Waals surface area (Å²) in [4.78, 5) is 15.4. The summed E-state index contributed by atoms with van der Waals surface area (Å²) in [5.41, 5.74) is 2.29.